The van der Waals surface area contributed by atoms with Crippen molar-refractivity contribution < 1.29 is 0 Å². The van der Waals surface area contributed by atoms with Gasteiger partial charge in [-0.2, -0.15) is 0 Å². The molecule has 0 spiro atoms. The Balaban J connectivity index is 2.46. The molecule has 1 aromatic carbocycles. The van der Waals surface area contributed by atoms with Crippen LogP contribution in [0.2, 0.25) is 0 Å². The van der Waals surface area contributed by atoms with Crippen LogP contribution in [0.25, 0.3) is 5.57 Å². The molecule has 106 valence electrons. The summed E-state index contributed by atoms with van der Waals surface area (Å²) < 4.78 is 1.95. The number of unbranched alkanes of at least 4 members (excludes halogenated alkanes) is 1. The second-order valence-electron chi connectivity index (χ2n) is 4.90. The highest BCUT2D eigenvalue weighted by molar-refractivity contribution is 14.1. The number of hydrogen-bond donors (Lipinski definition) is 1. The van der Waals surface area contributed by atoms with Gasteiger partial charge in [0.1, 0.15) is 6.33 Å². The average molecular weight is 381 g/mol. The van der Waals surface area contributed by atoms with Gasteiger partial charge in [-0.1, -0.05) is 24.3 Å². The van der Waals surface area contributed by atoms with E-state index in [0.717, 1.165) is 25.1 Å². The molecule has 0 unspecified atom stereocenters. The zero-order valence-electron chi connectivity index (χ0n) is 11.9. The summed E-state index contributed by atoms with van der Waals surface area (Å²) in [6.45, 7) is 5.03. The third kappa shape index (κ3) is 3.49. The highest BCUT2D eigenvalue weighted by atomic mass is 127. The van der Waals surface area contributed by atoms with Gasteiger partial charge in [0.05, 0.1) is 28.6 Å². The van der Waals surface area contributed by atoms with E-state index in [0.29, 0.717) is 0 Å². The number of halogens is 1. The lowest BCUT2D eigenvalue weighted by Crippen LogP contribution is -1.98. The molecule has 0 aliphatic carbocycles. The van der Waals surface area contributed by atoms with Crippen LogP contribution in [0.3, 0.4) is 0 Å². The van der Waals surface area contributed by atoms with E-state index in [1.165, 1.54) is 22.3 Å². The highest BCUT2D eigenvalue weighted by Gasteiger charge is 2.11. The number of aryl methyl sites for hydroxylation is 1. The Labute approximate surface area is 134 Å². The molecule has 1 heterocycles. The molecular weight excluding hydrogens is 361 g/mol. The zero-order valence-corrected chi connectivity index (χ0v) is 14.1. The molecule has 2 N–H and O–H groups in total. The van der Waals surface area contributed by atoms with Crippen molar-refractivity contribution >= 4 is 28.4 Å². The molecule has 4 heteroatoms. The number of allylic oxidation sites excluding steroid dienone is 1. The summed E-state index contributed by atoms with van der Waals surface area (Å²) in [5.74, 6) is 0. The Hall–Kier alpha value is -1.14. The summed E-state index contributed by atoms with van der Waals surface area (Å²) in [6.07, 6.45) is 8.12. The minimum Gasteiger partial charge on any atom is -0.330 e. The van der Waals surface area contributed by atoms with E-state index in [1.54, 1.807) is 0 Å². The van der Waals surface area contributed by atoms with E-state index in [4.69, 9.17) is 5.73 Å². The molecule has 0 aliphatic rings. The van der Waals surface area contributed by atoms with Gasteiger partial charge in [0.25, 0.3) is 0 Å². The number of aromatic nitrogens is 2. The molecule has 0 bridgehead atoms. The molecule has 0 radical (unpaired) electrons. The molecule has 0 saturated carbocycles. The lowest BCUT2D eigenvalue weighted by atomic mass is 9.94. The second kappa shape index (κ2) is 7.04. The van der Waals surface area contributed by atoms with Crippen molar-refractivity contribution in [1.82, 2.24) is 7.76 Å². The number of hydrogen-bond acceptors (Lipinski definition) is 2. The first-order chi connectivity index (χ1) is 9.63. The SMILES string of the molecule is Cc1cccc(/C(=C/CCCN)c2cn(I)cn2)c1C. The minimum absolute atomic E-state index is 0.720. The quantitative estimate of drug-likeness (QED) is 0.631. The summed E-state index contributed by atoms with van der Waals surface area (Å²) >= 11 is 2.22. The molecule has 20 heavy (non-hydrogen) atoms. The molecule has 1 aromatic heterocycles. The molecule has 0 atom stereocenters. The first-order valence-corrected chi connectivity index (χ1v) is 7.77. The van der Waals surface area contributed by atoms with Crippen molar-refractivity contribution in [3.63, 3.8) is 0 Å². The Kier molecular flexibility index (Phi) is 5.37. The number of imidazole rings is 1. The van der Waals surface area contributed by atoms with Crippen molar-refractivity contribution in [2.24, 2.45) is 5.73 Å². The van der Waals surface area contributed by atoms with Gasteiger partial charge in [-0.25, -0.2) is 4.98 Å². The summed E-state index contributed by atoms with van der Waals surface area (Å²) in [7, 11) is 0. The molecule has 2 rings (SSSR count). The Morgan fingerprint density at radius 1 is 1.40 bits per heavy atom. The zero-order chi connectivity index (χ0) is 14.5. The van der Waals surface area contributed by atoms with Crippen molar-refractivity contribution in [3.8, 4) is 0 Å². The van der Waals surface area contributed by atoms with Crippen LogP contribution in [0.4, 0.5) is 0 Å². The second-order valence-corrected chi connectivity index (χ2v) is 6.01. The van der Waals surface area contributed by atoms with Gasteiger partial charge in [0.2, 0.25) is 0 Å². The molecular formula is C16H20IN3. The van der Waals surface area contributed by atoms with E-state index < -0.39 is 0 Å². The number of rotatable bonds is 5. The monoisotopic (exact) mass is 381 g/mol. The minimum atomic E-state index is 0.720. The Morgan fingerprint density at radius 2 is 2.20 bits per heavy atom. The van der Waals surface area contributed by atoms with Crippen LogP contribution in [-0.2, 0) is 0 Å². The van der Waals surface area contributed by atoms with E-state index >= 15 is 0 Å². The topological polar surface area (TPSA) is 43.8 Å². The Morgan fingerprint density at radius 3 is 2.85 bits per heavy atom. The van der Waals surface area contributed by atoms with Crippen LogP contribution in [-0.4, -0.2) is 14.3 Å². The maximum absolute atomic E-state index is 5.60. The lowest BCUT2D eigenvalue weighted by molar-refractivity contribution is 0.855. The van der Waals surface area contributed by atoms with E-state index in [1.807, 2.05) is 9.11 Å². The van der Waals surface area contributed by atoms with Gasteiger partial charge in [-0.3, -0.25) is 2.78 Å². The first-order valence-electron chi connectivity index (χ1n) is 6.81. The number of benzene rings is 1. The highest BCUT2D eigenvalue weighted by Crippen LogP contribution is 2.27. The van der Waals surface area contributed by atoms with Crippen LogP contribution in [0.1, 0.15) is 35.2 Å². The van der Waals surface area contributed by atoms with Crippen LogP contribution < -0.4 is 5.73 Å². The van der Waals surface area contributed by atoms with E-state index in [-0.39, 0.29) is 0 Å². The normalized spacial score (nSPS) is 11.9. The smallest absolute Gasteiger partial charge is 0.104 e. The molecule has 3 nitrogen and oxygen atoms in total. The summed E-state index contributed by atoms with van der Waals surface area (Å²) in [4.78, 5) is 4.50. The summed E-state index contributed by atoms with van der Waals surface area (Å²) in [5.41, 5.74) is 11.7. The van der Waals surface area contributed by atoms with Crippen LogP contribution in [0, 0.1) is 13.8 Å². The van der Waals surface area contributed by atoms with Crippen molar-refractivity contribution in [3.05, 3.63) is 59.2 Å². The van der Waals surface area contributed by atoms with Gasteiger partial charge >= 0.3 is 0 Å². The molecule has 0 fully saturated rings. The fourth-order valence-corrected chi connectivity index (χ4v) is 2.59. The first kappa shape index (κ1) is 15.3. The van der Waals surface area contributed by atoms with Crippen LogP contribution in [0.5, 0.6) is 0 Å². The van der Waals surface area contributed by atoms with Crippen molar-refractivity contribution in [1.29, 1.82) is 0 Å². The van der Waals surface area contributed by atoms with Gasteiger partial charge in [0.15, 0.2) is 0 Å². The Bertz CT molecular complexity index is 614. The fourth-order valence-electron chi connectivity index (χ4n) is 2.20. The standard InChI is InChI=1S/C16H20IN3/c1-12-6-5-8-14(13(12)2)15(7-3-4-9-18)16-10-20(17)11-19-16/h5-8,10-11H,3-4,9,18H2,1-2H3/b15-7-. The van der Waals surface area contributed by atoms with Gasteiger partial charge < -0.3 is 5.73 Å². The molecule has 0 saturated heterocycles. The lowest BCUT2D eigenvalue weighted by Gasteiger charge is -2.11. The van der Waals surface area contributed by atoms with Crippen molar-refractivity contribution in [2.75, 3.05) is 6.54 Å². The average Bonchev–Trinajstić information content (AvgIpc) is 2.85. The summed E-state index contributed by atoms with van der Waals surface area (Å²) in [6, 6.07) is 6.42. The van der Waals surface area contributed by atoms with Crippen LogP contribution >= 0.6 is 22.9 Å². The third-order valence-electron chi connectivity index (χ3n) is 3.48. The molecule has 2 aromatic rings. The maximum atomic E-state index is 5.60. The predicted molar refractivity (Wildman–Crippen MR) is 92.9 cm³/mol. The largest absolute Gasteiger partial charge is 0.330 e. The third-order valence-corrected chi connectivity index (χ3v) is 4.01. The number of nitrogens with zero attached hydrogens (tertiary/aromatic N) is 2. The maximum Gasteiger partial charge on any atom is 0.104 e. The summed E-state index contributed by atoms with van der Waals surface area (Å²) in [5, 5.41) is 0. The van der Waals surface area contributed by atoms with Crippen LogP contribution in [0.15, 0.2) is 36.8 Å². The van der Waals surface area contributed by atoms with E-state index in [2.05, 4.69) is 72.2 Å². The number of nitrogens with two attached hydrogens (primary N) is 1. The van der Waals surface area contributed by atoms with Gasteiger partial charge in [0, 0.05) is 11.8 Å². The molecule has 0 aliphatic heterocycles. The van der Waals surface area contributed by atoms with E-state index in [9.17, 15) is 0 Å². The fraction of sp³-hybridized carbons (Fsp3) is 0.312. The van der Waals surface area contributed by atoms with Crippen molar-refractivity contribution in [2.45, 2.75) is 26.7 Å². The predicted octanol–water partition coefficient (Wildman–Crippen LogP) is 3.87. The molecule has 0 amide bonds. The van der Waals surface area contributed by atoms with Gasteiger partial charge in [-0.15, -0.1) is 0 Å². The van der Waals surface area contributed by atoms with Gasteiger partial charge in [-0.05, 0) is 49.9 Å².